The molecule has 0 aromatic rings. The van der Waals surface area contributed by atoms with E-state index in [2.05, 4.69) is 0 Å². The van der Waals surface area contributed by atoms with Crippen LogP contribution in [0.15, 0.2) is 0 Å². The van der Waals surface area contributed by atoms with E-state index in [4.69, 9.17) is 43.9 Å². The van der Waals surface area contributed by atoms with Gasteiger partial charge in [0.15, 0.2) is 0 Å². The molecule has 0 aliphatic carbocycles. The average molecular weight is 262 g/mol. The van der Waals surface area contributed by atoms with E-state index in [0.29, 0.717) is 0 Å². The summed E-state index contributed by atoms with van der Waals surface area (Å²) in [4.78, 5) is 0. The highest BCUT2D eigenvalue weighted by Gasteiger charge is 2.26. The molecule has 8 heteroatoms. The SMILES string of the molecule is O=S(=O)(Cl)CC[Si](Cl)(Cl)Cl. The molecule has 0 aliphatic heterocycles. The summed E-state index contributed by atoms with van der Waals surface area (Å²) in [5, 5.41) is 0. The summed E-state index contributed by atoms with van der Waals surface area (Å²) in [7, 11) is 1.35. The van der Waals surface area contributed by atoms with Gasteiger partial charge in [-0.2, -0.15) is 0 Å². The molecule has 0 saturated carbocycles. The molecule has 0 rings (SSSR count). The third-order valence-electron chi connectivity index (χ3n) is 0.629. The van der Waals surface area contributed by atoms with Crippen LogP contribution in [0.3, 0.4) is 0 Å². The molecule has 0 aromatic heterocycles. The van der Waals surface area contributed by atoms with Gasteiger partial charge in [0.25, 0.3) is 0 Å². The smallest absolute Gasteiger partial charge is 0.212 e. The minimum atomic E-state index is -3.50. The Hall–Kier alpha value is 1.33. The molecule has 0 saturated heterocycles. The highest BCUT2D eigenvalue weighted by Crippen LogP contribution is 2.25. The molecule has 0 fully saturated rings. The topological polar surface area (TPSA) is 34.1 Å². The Balaban J connectivity index is 3.79. The molecular formula is C2H4Cl4O2SSi. The van der Waals surface area contributed by atoms with Crippen LogP contribution in [0, 0.1) is 0 Å². The van der Waals surface area contributed by atoms with Crippen molar-refractivity contribution in [2.75, 3.05) is 5.75 Å². The number of halogens is 4. The van der Waals surface area contributed by atoms with Gasteiger partial charge >= 0.3 is 6.00 Å². The third-order valence-corrected chi connectivity index (χ3v) is 4.66. The molecule has 62 valence electrons. The normalized spacial score (nSPS) is 13.6. The lowest BCUT2D eigenvalue weighted by atomic mass is 11.0. The van der Waals surface area contributed by atoms with Gasteiger partial charge in [-0.1, -0.05) is 0 Å². The Morgan fingerprint density at radius 3 is 1.70 bits per heavy atom. The first kappa shape index (κ1) is 11.3. The monoisotopic (exact) mass is 260 g/mol. The molecule has 0 heterocycles. The third kappa shape index (κ3) is 9.33. The quantitative estimate of drug-likeness (QED) is 0.444. The summed E-state index contributed by atoms with van der Waals surface area (Å²) < 4.78 is 20.6. The Kier molecular flexibility index (Phi) is 4.33. The van der Waals surface area contributed by atoms with Gasteiger partial charge in [0.1, 0.15) is 0 Å². The predicted molar refractivity (Wildman–Crippen MR) is 47.8 cm³/mol. The Bertz CT molecular complexity index is 194. The maximum absolute atomic E-state index is 10.3. The molecule has 0 amide bonds. The van der Waals surface area contributed by atoms with Crippen molar-refractivity contribution >= 4 is 59.0 Å². The maximum atomic E-state index is 10.3. The van der Waals surface area contributed by atoms with Gasteiger partial charge in [0, 0.05) is 10.7 Å². The second-order valence-corrected chi connectivity index (χ2v) is 13.8. The van der Waals surface area contributed by atoms with E-state index >= 15 is 0 Å². The van der Waals surface area contributed by atoms with Crippen LogP contribution in [0.1, 0.15) is 0 Å². The lowest BCUT2D eigenvalue weighted by Gasteiger charge is -2.03. The number of hydrogen-bond acceptors (Lipinski definition) is 2. The van der Waals surface area contributed by atoms with Crippen LogP contribution in [-0.4, -0.2) is 20.2 Å². The molecule has 0 N–H and O–H groups in total. The van der Waals surface area contributed by atoms with Crippen LogP contribution in [0.5, 0.6) is 0 Å². The van der Waals surface area contributed by atoms with Gasteiger partial charge in [-0.05, 0) is 6.04 Å². The van der Waals surface area contributed by atoms with Crippen molar-refractivity contribution in [2.45, 2.75) is 6.04 Å². The molecule has 0 radical (unpaired) electrons. The second-order valence-electron chi connectivity index (χ2n) is 1.61. The van der Waals surface area contributed by atoms with Crippen LogP contribution in [-0.2, 0) is 9.05 Å². The van der Waals surface area contributed by atoms with Crippen molar-refractivity contribution < 1.29 is 8.42 Å². The maximum Gasteiger partial charge on any atom is 0.342 e. The molecule has 2 nitrogen and oxygen atoms in total. The minimum absolute atomic E-state index is 0.0451. The van der Waals surface area contributed by atoms with Crippen molar-refractivity contribution in [2.24, 2.45) is 0 Å². The summed E-state index contributed by atoms with van der Waals surface area (Å²) in [6.07, 6.45) is 0. The fourth-order valence-corrected chi connectivity index (χ4v) is 4.92. The minimum Gasteiger partial charge on any atom is -0.212 e. The molecule has 0 spiro atoms. The van der Waals surface area contributed by atoms with Crippen LogP contribution in [0.4, 0.5) is 0 Å². The fraction of sp³-hybridized carbons (Fsp3) is 1.00. The van der Waals surface area contributed by atoms with Crippen LogP contribution >= 0.6 is 43.9 Å². The van der Waals surface area contributed by atoms with E-state index in [0.717, 1.165) is 0 Å². The van der Waals surface area contributed by atoms with Gasteiger partial charge in [0.2, 0.25) is 9.05 Å². The van der Waals surface area contributed by atoms with Crippen molar-refractivity contribution in [1.82, 2.24) is 0 Å². The summed E-state index contributed by atoms with van der Waals surface area (Å²) in [5.74, 6) is -0.267. The van der Waals surface area contributed by atoms with E-state index in [-0.39, 0.29) is 11.8 Å². The van der Waals surface area contributed by atoms with Crippen LogP contribution < -0.4 is 0 Å². The van der Waals surface area contributed by atoms with E-state index < -0.39 is 15.1 Å². The zero-order chi connectivity index (χ0) is 8.41. The zero-order valence-corrected chi connectivity index (χ0v) is 9.49. The van der Waals surface area contributed by atoms with Crippen molar-refractivity contribution in [3.8, 4) is 0 Å². The number of rotatable bonds is 3. The Labute approximate surface area is 78.9 Å². The van der Waals surface area contributed by atoms with E-state index in [1.54, 1.807) is 0 Å². The van der Waals surface area contributed by atoms with Crippen LogP contribution in [0.25, 0.3) is 0 Å². The molecule has 0 aromatic carbocycles. The standard InChI is InChI=1S/C2H4Cl4O2SSi/c3-9(7,8)1-2-10(4,5)6/h1-2H2. The highest BCUT2D eigenvalue weighted by atomic mass is 35.8. The van der Waals surface area contributed by atoms with Gasteiger partial charge < -0.3 is 0 Å². The lowest BCUT2D eigenvalue weighted by molar-refractivity contribution is 0.610. The lowest BCUT2D eigenvalue weighted by Crippen LogP contribution is -2.13. The second kappa shape index (κ2) is 3.82. The fourth-order valence-electron chi connectivity index (χ4n) is 0.238. The molecule has 0 atom stereocenters. The molecule has 10 heavy (non-hydrogen) atoms. The summed E-state index contributed by atoms with van der Waals surface area (Å²) in [6.45, 7) is 0. The van der Waals surface area contributed by atoms with Gasteiger partial charge in [-0.3, -0.25) is 0 Å². The first-order valence-corrected chi connectivity index (χ1v) is 9.92. The van der Waals surface area contributed by atoms with Gasteiger partial charge in [0.05, 0.1) is 5.75 Å². The molecule has 0 bridgehead atoms. The number of hydrogen-bond donors (Lipinski definition) is 0. The molecule has 0 unspecified atom stereocenters. The summed E-state index contributed by atoms with van der Waals surface area (Å²) in [6, 6.07) is -2.77. The van der Waals surface area contributed by atoms with Crippen molar-refractivity contribution in [3.05, 3.63) is 0 Å². The average Bonchev–Trinajstić information content (AvgIpc) is 1.57. The van der Waals surface area contributed by atoms with Crippen molar-refractivity contribution in [1.29, 1.82) is 0 Å². The zero-order valence-electron chi connectivity index (χ0n) is 4.65. The van der Waals surface area contributed by atoms with Gasteiger partial charge in [-0.25, -0.2) is 8.42 Å². The first-order chi connectivity index (χ1) is 4.21. The van der Waals surface area contributed by atoms with Crippen molar-refractivity contribution in [3.63, 3.8) is 0 Å². The highest BCUT2D eigenvalue weighted by molar-refractivity contribution is 8.13. The molecule has 0 aliphatic rings. The van der Waals surface area contributed by atoms with E-state index in [1.807, 2.05) is 0 Å². The summed E-state index contributed by atoms with van der Waals surface area (Å²) in [5.41, 5.74) is 0. The summed E-state index contributed by atoms with van der Waals surface area (Å²) >= 11 is 16.2. The van der Waals surface area contributed by atoms with E-state index in [1.165, 1.54) is 0 Å². The first-order valence-electron chi connectivity index (χ1n) is 2.20. The van der Waals surface area contributed by atoms with E-state index in [9.17, 15) is 8.42 Å². The van der Waals surface area contributed by atoms with Crippen LogP contribution in [0.2, 0.25) is 6.04 Å². The Morgan fingerprint density at radius 2 is 1.60 bits per heavy atom. The largest absolute Gasteiger partial charge is 0.342 e. The van der Waals surface area contributed by atoms with Gasteiger partial charge in [-0.15, -0.1) is 33.2 Å². The molecular weight excluding hydrogens is 258 g/mol. The predicted octanol–water partition coefficient (Wildman–Crippen LogP) is 2.21. The Morgan fingerprint density at radius 1 is 1.20 bits per heavy atom.